The first kappa shape index (κ1) is 11.3. The second-order valence-corrected chi connectivity index (χ2v) is 5.82. The van der Waals surface area contributed by atoms with Gasteiger partial charge in [0.15, 0.2) is 0 Å². The minimum Gasteiger partial charge on any atom is -0.117 e. The highest BCUT2D eigenvalue weighted by molar-refractivity contribution is 6.31. The van der Waals surface area contributed by atoms with Crippen molar-refractivity contribution < 1.29 is 0 Å². The van der Waals surface area contributed by atoms with Crippen LogP contribution in [-0.4, -0.2) is 0 Å². The molecule has 2 heteroatoms. The van der Waals surface area contributed by atoms with Gasteiger partial charge in [-0.2, -0.15) is 0 Å². The lowest BCUT2D eigenvalue weighted by Crippen LogP contribution is -2.06. The van der Waals surface area contributed by atoms with Crippen molar-refractivity contribution in [3.63, 3.8) is 0 Å². The second-order valence-electron chi connectivity index (χ2n) is 4.97. The molecule has 1 aliphatic carbocycles. The molecule has 0 bridgehead atoms. The molecule has 0 radical (unpaired) electrons. The van der Waals surface area contributed by atoms with Crippen LogP contribution in [0.15, 0.2) is 12.1 Å². The third-order valence-corrected chi connectivity index (χ3v) is 4.64. The summed E-state index contributed by atoms with van der Waals surface area (Å²) in [6, 6.07) is 4.16. The number of hydrogen-bond acceptors (Lipinski definition) is 0. The minimum absolute atomic E-state index is 0.133. The average Bonchev–Trinajstić information content (AvgIpc) is 2.90. The summed E-state index contributed by atoms with van der Waals surface area (Å²) in [5, 5.41) is 0.967. The van der Waals surface area contributed by atoms with Crippen LogP contribution >= 0.6 is 23.2 Å². The van der Waals surface area contributed by atoms with Gasteiger partial charge in [0.25, 0.3) is 0 Å². The summed E-state index contributed by atoms with van der Waals surface area (Å²) in [7, 11) is 0. The van der Waals surface area contributed by atoms with Crippen molar-refractivity contribution in [1.82, 2.24) is 0 Å². The fourth-order valence-corrected chi connectivity index (χ4v) is 2.57. The predicted octanol–water partition coefficient (Wildman–Crippen LogP) is 5.04. The molecule has 82 valence electrons. The van der Waals surface area contributed by atoms with Crippen LogP contribution in [0.25, 0.3) is 0 Å². The van der Waals surface area contributed by atoms with Gasteiger partial charge in [0.2, 0.25) is 0 Å². The summed E-state index contributed by atoms with van der Waals surface area (Å²) in [4.78, 5) is 0. The van der Waals surface area contributed by atoms with Gasteiger partial charge in [-0.15, -0.1) is 11.6 Å². The van der Waals surface area contributed by atoms with E-state index in [1.165, 1.54) is 24.0 Å². The van der Waals surface area contributed by atoms with Crippen molar-refractivity contribution >= 4 is 23.2 Å². The Balaban J connectivity index is 2.39. The Labute approximate surface area is 102 Å². The fraction of sp³-hybridized carbons (Fsp3) is 0.538. The zero-order valence-corrected chi connectivity index (χ0v) is 10.9. The molecule has 1 aromatic carbocycles. The van der Waals surface area contributed by atoms with E-state index < -0.39 is 0 Å². The van der Waals surface area contributed by atoms with Crippen molar-refractivity contribution in [3.05, 3.63) is 33.8 Å². The van der Waals surface area contributed by atoms with Gasteiger partial charge in [-0.3, -0.25) is 0 Å². The largest absolute Gasteiger partial charge is 0.117 e. The quantitative estimate of drug-likeness (QED) is 0.638. The van der Waals surface area contributed by atoms with Gasteiger partial charge in [-0.1, -0.05) is 24.6 Å². The molecule has 0 heterocycles. The van der Waals surface area contributed by atoms with Gasteiger partial charge in [-0.25, -0.2) is 0 Å². The lowest BCUT2D eigenvalue weighted by atomic mass is 9.93. The maximum atomic E-state index is 6.53. The van der Waals surface area contributed by atoms with Crippen LogP contribution in [0.1, 0.15) is 41.8 Å². The number of benzene rings is 1. The zero-order chi connectivity index (χ0) is 11.2. The van der Waals surface area contributed by atoms with Crippen LogP contribution in [0.2, 0.25) is 5.02 Å². The first-order valence-electron chi connectivity index (χ1n) is 5.35. The van der Waals surface area contributed by atoms with E-state index >= 15 is 0 Å². The molecule has 0 amide bonds. The van der Waals surface area contributed by atoms with Gasteiger partial charge in [0, 0.05) is 5.02 Å². The molecule has 1 aromatic rings. The SMILES string of the molecule is Cc1cc(C(Cl)C2(C)CC2)c(C)cc1Cl. The molecule has 0 aromatic heterocycles. The maximum Gasteiger partial charge on any atom is 0.0641 e. The van der Waals surface area contributed by atoms with E-state index in [2.05, 4.69) is 19.9 Å². The molecule has 1 aliphatic rings. The van der Waals surface area contributed by atoms with E-state index in [-0.39, 0.29) is 5.38 Å². The fourth-order valence-electron chi connectivity index (χ4n) is 1.90. The summed E-state index contributed by atoms with van der Waals surface area (Å²) in [5.74, 6) is 0. The van der Waals surface area contributed by atoms with Crippen molar-refractivity contribution in [2.45, 2.75) is 39.0 Å². The molecular formula is C13H16Cl2. The summed E-state index contributed by atoms with van der Waals surface area (Å²) in [6.07, 6.45) is 2.48. The Hall–Kier alpha value is -0.200. The Morgan fingerprint density at radius 1 is 1.20 bits per heavy atom. The molecule has 1 atom stereocenters. The lowest BCUT2D eigenvalue weighted by molar-refractivity contribution is 0.547. The van der Waals surface area contributed by atoms with Crippen molar-refractivity contribution in [2.24, 2.45) is 5.41 Å². The third kappa shape index (κ3) is 2.03. The molecule has 1 saturated carbocycles. The van der Waals surface area contributed by atoms with Crippen LogP contribution < -0.4 is 0 Å². The highest BCUT2D eigenvalue weighted by Gasteiger charge is 2.45. The number of hydrogen-bond donors (Lipinski definition) is 0. The van der Waals surface area contributed by atoms with Crippen molar-refractivity contribution in [1.29, 1.82) is 0 Å². The molecular weight excluding hydrogens is 227 g/mol. The molecule has 0 nitrogen and oxygen atoms in total. The Morgan fingerprint density at radius 2 is 1.80 bits per heavy atom. The van der Waals surface area contributed by atoms with E-state index in [0.717, 1.165) is 10.6 Å². The molecule has 1 fully saturated rings. The van der Waals surface area contributed by atoms with Gasteiger partial charge >= 0.3 is 0 Å². The van der Waals surface area contributed by atoms with E-state index in [9.17, 15) is 0 Å². The van der Waals surface area contributed by atoms with Gasteiger partial charge in [0.05, 0.1) is 5.38 Å². The summed E-state index contributed by atoms with van der Waals surface area (Å²) >= 11 is 12.6. The van der Waals surface area contributed by atoms with Crippen molar-refractivity contribution in [3.8, 4) is 0 Å². The van der Waals surface area contributed by atoms with Crippen LogP contribution in [0.5, 0.6) is 0 Å². The Morgan fingerprint density at radius 3 is 2.33 bits per heavy atom. The Kier molecular flexibility index (Phi) is 2.77. The highest BCUT2D eigenvalue weighted by atomic mass is 35.5. The van der Waals surface area contributed by atoms with Crippen LogP contribution in [0.3, 0.4) is 0 Å². The highest BCUT2D eigenvalue weighted by Crippen LogP contribution is 2.58. The molecule has 0 spiro atoms. The van der Waals surface area contributed by atoms with Crippen molar-refractivity contribution in [2.75, 3.05) is 0 Å². The monoisotopic (exact) mass is 242 g/mol. The third-order valence-electron chi connectivity index (χ3n) is 3.47. The van der Waals surface area contributed by atoms with Crippen LogP contribution in [0.4, 0.5) is 0 Å². The summed E-state index contributed by atoms with van der Waals surface area (Å²) in [5.41, 5.74) is 3.89. The standard InChI is InChI=1S/C13H16Cl2/c1-8-7-11(14)9(2)6-10(8)12(15)13(3)4-5-13/h6-7,12H,4-5H2,1-3H3. The van der Waals surface area contributed by atoms with Gasteiger partial charge < -0.3 is 0 Å². The predicted molar refractivity (Wildman–Crippen MR) is 66.9 cm³/mol. The molecule has 0 aliphatic heterocycles. The van der Waals surface area contributed by atoms with Gasteiger partial charge in [0.1, 0.15) is 0 Å². The normalized spacial score (nSPS) is 20.1. The summed E-state index contributed by atoms with van der Waals surface area (Å²) in [6.45, 7) is 6.37. The summed E-state index contributed by atoms with van der Waals surface area (Å²) < 4.78 is 0. The molecule has 0 saturated heterocycles. The number of alkyl halides is 1. The van der Waals surface area contributed by atoms with E-state index in [4.69, 9.17) is 23.2 Å². The molecule has 15 heavy (non-hydrogen) atoms. The second kappa shape index (κ2) is 3.68. The molecule has 0 N–H and O–H groups in total. The van der Waals surface area contributed by atoms with Gasteiger partial charge in [-0.05, 0) is 54.9 Å². The van der Waals surface area contributed by atoms with E-state index in [0.29, 0.717) is 5.41 Å². The lowest BCUT2D eigenvalue weighted by Gasteiger charge is -2.20. The first-order valence-corrected chi connectivity index (χ1v) is 6.16. The van der Waals surface area contributed by atoms with E-state index in [1.807, 2.05) is 13.0 Å². The van der Waals surface area contributed by atoms with Crippen LogP contribution in [-0.2, 0) is 0 Å². The Bertz CT molecular complexity index is 392. The van der Waals surface area contributed by atoms with E-state index in [1.54, 1.807) is 0 Å². The minimum atomic E-state index is 0.133. The first-order chi connectivity index (χ1) is 6.94. The zero-order valence-electron chi connectivity index (χ0n) is 9.40. The molecule has 1 unspecified atom stereocenters. The van der Waals surface area contributed by atoms with Crippen LogP contribution in [0, 0.1) is 19.3 Å². The maximum absolute atomic E-state index is 6.53. The average molecular weight is 243 g/mol. The molecule has 2 rings (SSSR count). The number of rotatable bonds is 2. The topological polar surface area (TPSA) is 0 Å². The number of halogens is 2. The smallest absolute Gasteiger partial charge is 0.0641 e. The number of aryl methyl sites for hydroxylation is 2.